The Morgan fingerprint density at radius 3 is 2.75 bits per heavy atom. The van der Waals surface area contributed by atoms with Gasteiger partial charge in [-0.1, -0.05) is 26.7 Å². The fourth-order valence-electron chi connectivity index (χ4n) is 2.39. The van der Waals surface area contributed by atoms with Gasteiger partial charge in [0.05, 0.1) is 0 Å². The molecule has 1 atom stereocenters. The zero-order valence-electron chi connectivity index (χ0n) is 10.0. The molecule has 2 rings (SSSR count). The van der Waals surface area contributed by atoms with E-state index in [-0.39, 0.29) is 0 Å². The maximum absolute atomic E-state index is 5.79. The summed E-state index contributed by atoms with van der Waals surface area (Å²) in [4.78, 5) is 8.28. The van der Waals surface area contributed by atoms with Crippen LogP contribution in [0.2, 0.25) is 0 Å². The molecule has 1 unspecified atom stereocenters. The van der Waals surface area contributed by atoms with Crippen LogP contribution in [0.3, 0.4) is 0 Å². The Labute approximate surface area is 96.7 Å². The maximum atomic E-state index is 5.79. The van der Waals surface area contributed by atoms with Crippen molar-refractivity contribution in [3.8, 4) is 0 Å². The molecular weight excluding hydrogens is 200 g/mol. The molecule has 1 aromatic heterocycles. The summed E-state index contributed by atoms with van der Waals surface area (Å²) in [6, 6.07) is 0.445. The SMILES string of the molecule is CC1(C)CCCCC1Nc1nccnc1N. The molecule has 1 aromatic rings. The van der Waals surface area contributed by atoms with Gasteiger partial charge < -0.3 is 11.1 Å². The lowest BCUT2D eigenvalue weighted by atomic mass is 9.73. The third kappa shape index (κ3) is 2.26. The monoisotopic (exact) mass is 220 g/mol. The second kappa shape index (κ2) is 4.28. The second-order valence-corrected chi connectivity index (χ2v) is 5.22. The molecule has 4 heteroatoms. The molecule has 0 amide bonds. The maximum Gasteiger partial charge on any atom is 0.169 e. The minimum absolute atomic E-state index is 0.308. The topological polar surface area (TPSA) is 63.8 Å². The number of anilines is 2. The minimum atomic E-state index is 0.308. The fourth-order valence-corrected chi connectivity index (χ4v) is 2.39. The molecule has 1 saturated carbocycles. The number of hydrogen-bond donors (Lipinski definition) is 2. The van der Waals surface area contributed by atoms with E-state index in [4.69, 9.17) is 5.73 Å². The summed E-state index contributed by atoms with van der Waals surface area (Å²) in [5, 5.41) is 3.44. The van der Waals surface area contributed by atoms with Gasteiger partial charge in [0, 0.05) is 18.4 Å². The minimum Gasteiger partial charge on any atom is -0.381 e. The summed E-state index contributed by atoms with van der Waals surface area (Å²) in [5.74, 6) is 1.21. The van der Waals surface area contributed by atoms with Crippen molar-refractivity contribution in [3.63, 3.8) is 0 Å². The predicted octanol–water partition coefficient (Wildman–Crippen LogP) is 2.44. The van der Waals surface area contributed by atoms with Gasteiger partial charge in [0.25, 0.3) is 0 Å². The van der Waals surface area contributed by atoms with E-state index in [1.807, 2.05) is 0 Å². The Balaban J connectivity index is 2.12. The Bertz CT molecular complexity index is 362. The van der Waals surface area contributed by atoms with Crippen molar-refractivity contribution in [2.75, 3.05) is 11.1 Å². The standard InChI is InChI=1S/C12H20N4/c1-12(2)6-4-3-5-9(12)16-11-10(13)14-7-8-15-11/h7-9H,3-6H2,1-2H3,(H2,13,14)(H,15,16). The first-order valence-corrected chi connectivity index (χ1v) is 5.92. The van der Waals surface area contributed by atoms with Crippen molar-refractivity contribution in [2.45, 2.75) is 45.6 Å². The van der Waals surface area contributed by atoms with E-state index in [0.717, 1.165) is 5.82 Å². The Kier molecular flexibility index (Phi) is 2.99. The van der Waals surface area contributed by atoms with Crippen molar-refractivity contribution in [2.24, 2.45) is 5.41 Å². The lowest BCUT2D eigenvalue weighted by Crippen LogP contribution is -2.39. The third-order valence-electron chi connectivity index (χ3n) is 3.54. The third-order valence-corrected chi connectivity index (χ3v) is 3.54. The van der Waals surface area contributed by atoms with E-state index in [0.29, 0.717) is 17.3 Å². The summed E-state index contributed by atoms with van der Waals surface area (Å²) >= 11 is 0. The van der Waals surface area contributed by atoms with Crippen LogP contribution < -0.4 is 11.1 Å². The smallest absolute Gasteiger partial charge is 0.169 e. The highest BCUT2D eigenvalue weighted by molar-refractivity contribution is 5.55. The van der Waals surface area contributed by atoms with E-state index in [2.05, 4.69) is 29.1 Å². The number of aromatic nitrogens is 2. The number of hydrogen-bond acceptors (Lipinski definition) is 4. The van der Waals surface area contributed by atoms with Gasteiger partial charge in [0.15, 0.2) is 11.6 Å². The van der Waals surface area contributed by atoms with Crippen molar-refractivity contribution < 1.29 is 0 Å². The Morgan fingerprint density at radius 2 is 2.06 bits per heavy atom. The van der Waals surface area contributed by atoms with Crippen LogP contribution in [0.1, 0.15) is 39.5 Å². The second-order valence-electron chi connectivity index (χ2n) is 5.22. The molecule has 0 spiro atoms. The van der Waals surface area contributed by atoms with Gasteiger partial charge in [-0.05, 0) is 18.3 Å². The van der Waals surface area contributed by atoms with Gasteiger partial charge in [-0.15, -0.1) is 0 Å². The number of nitrogens with two attached hydrogens (primary N) is 1. The highest BCUT2D eigenvalue weighted by atomic mass is 15.1. The first-order valence-electron chi connectivity index (χ1n) is 5.92. The molecule has 1 aliphatic carbocycles. The van der Waals surface area contributed by atoms with Crippen LogP contribution in [0.5, 0.6) is 0 Å². The Morgan fingerprint density at radius 1 is 1.31 bits per heavy atom. The average Bonchev–Trinajstić information content (AvgIpc) is 2.24. The summed E-state index contributed by atoms with van der Waals surface area (Å²) < 4.78 is 0. The number of nitrogens with one attached hydrogen (secondary N) is 1. The van der Waals surface area contributed by atoms with Crippen molar-refractivity contribution in [1.29, 1.82) is 0 Å². The lowest BCUT2D eigenvalue weighted by molar-refractivity contribution is 0.216. The quantitative estimate of drug-likeness (QED) is 0.803. The zero-order valence-corrected chi connectivity index (χ0v) is 10.0. The van der Waals surface area contributed by atoms with Gasteiger partial charge in [-0.3, -0.25) is 0 Å². The summed E-state index contributed by atoms with van der Waals surface area (Å²) in [6.45, 7) is 4.60. The molecule has 1 aliphatic rings. The molecular formula is C12H20N4. The molecule has 0 aliphatic heterocycles. The molecule has 1 fully saturated rings. The van der Waals surface area contributed by atoms with E-state index < -0.39 is 0 Å². The van der Waals surface area contributed by atoms with Gasteiger partial charge in [-0.25, -0.2) is 9.97 Å². The van der Waals surface area contributed by atoms with Crippen LogP contribution in [-0.4, -0.2) is 16.0 Å². The first-order chi connectivity index (χ1) is 7.59. The van der Waals surface area contributed by atoms with E-state index in [1.54, 1.807) is 12.4 Å². The highest BCUT2D eigenvalue weighted by Crippen LogP contribution is 2.37. The summed E-state index contributed by atoms with van der Waals surface area (Å²) in [6.07, 6.45) is 8.33. The number of nitrogen functional groups attached to an aromatic ring is 1. The molecule has 4 nitrogen and oxygen atoms in total. The molecule has 0 radical (unpaired) electrons. The van der Waals surface area contributed by atoms with E-state index in [9.17, 15) is 0 Å². The largest absolute Gasteiger partial charge is 0.381 e. The van der Waals surface area contributed by atoms with Crippen molar-refractivity contribution in [3.05, 3.63) is 12.4 Å². The van der Waals surface area contributed by atoms with Crippen LogP contribution in [-0.2, 0) is 0 Å². The van der Waals surface area contributed by atoms with Crippen molar-refractivity contribution >= 4 is 11.6 Å². The van der Waals surface area contributed by atoms with Crippen LogP contribution in [0.25, 0.3) is 0 Å². The first kappa shape index (κ1) is 11.2. The molecule has 88 valence electrons. The van der Waals surface area contributed by atoms with Crippen LogP contribution >= 0.6 is 0 Å². The number of nitrogens with zero attached hydrogens (tertiary/aromatic N) is 2. The van der Waals surface area contributed by atoms with Gasteiger partial charge in [0.1, 0.15) is 0 Å². The van der Waals surface area contributed by atoms with Crippen LogP contribution in [0, 0.1) is 5.41 Å². The fraction of sp³-hybridized carbons (Fsp3) is 0.667. The van der Waals surface area contributed by atoms with Crippen LogP contribution in [0.15, 0.2) is 12.4 Å². The van der Waals surface area contributed by atoms with Crippen LogP contribution in [0.4, 0.5) is 11.6 Å². The lowest BCUT2D eigenvalue weighted by Gasteiger charge is -2.39. The molecule has 16 heavy (non-hydrogen) atoms. The number of rotatable bonds is 2. The molecule has 0 bridgehead atoms. The predicted molar refractivity (Wildman–Crippen MR) is 66.1 cm³/mol. The van der Waals surface area contributed by atoms with E-state index >= 15 is 0 Å². The highest BCUT2D eigenvalue weighted by Gasteiger charge is 2.32. The van der Waals surface area contributed by atoms with Crippen molar-refractivity contribution in [1.82, 2.24) is 9.97 Å². The Hall–Kier alpha value is -1.32. The van der Waals surface area contributed by atoms with E-state index in [1.165, 1.54) is 25.7 Å². The van der Waals surface area contributed by atoms with Gasteiger partial charge in [-0.2, -0.15) is 0 Å². The van der Waals surface area contributed by atoms with Gasteiger partial charge >= 0.3 is 0 Å². The van der Waals surface area contributed by atoms with Gasteiger partial charge in [0.2, 0.25) is 0 Å². The summed E-state index contributed by atoms with van der Waals surface area (Å²) in [5.41, 5.74) is 6.10. The molecule has 0 aromatic carbocycles. The zero-order chi connectivity index (χ0) is 11.6. The molecule has 3 N–H and O–H groups in total. The molecule has 0 saturated heterocycles. The molecule has 1 heterocycles. The normalized spacial score (nSPS) is 24.0. The summed E-state index contributed by atoms with van der Waals surface area (Å²) in [7, 11) is 0. The average molecular weight is 220 g/mol.